The molecule has 4 nitrogen and oxygen atoms in total. The summed E-state index contributed by atoms with van der Waals surface area (Å²) in [6, 6.07) is 9.67. The summed E-state index contributed by atoms with van der Waals surface area (Å²) in [5.74, 6) is -1.36. The zero-order chi connectivity index (χ0) is 16.3. The number of allylic oxidation sites excluding steroid dienone is 1. The standard InChI is InChI=1S/C17H20N2O2S/c1-11(2)10-19-13(4)15(12(3)16(20)21)22-17(19)18-14-8-6-5-7-9-14/h5-9,12H,1,10H2,2-4H3,(H,20,21). The van der Waals surface area contributed by atoms with Gasteiger partial charge in [0.1, 0.15) is 0 Å². The number of aliphatic carboxylic acids is 1. The maximum absolute atomic E-state index is 11.3. The molecular weight excluding hydrogens is 296 g/mol. The SMILES string of the molecule is C=C(C)Cn1c(C)c(C(C)C(=O)O)sc1=Nc1ccccc1. The van der Waals surface area contributed by atoms with E-state index in [4.69, 9.17) is 0 Å². The van der Waals surface area contributed by atoms with Crippen LogP contribution < -0.4 is 4.80 Å². The third kappa shape index (κ3) is 3.54. The molecule has 22 heavy (non-hydrogen) atoms. The summed E-state index contributed by atoms with van der Waals surface area (Å²) >= 11 is 1.43. The fraction of sp³-hybridized carbons (Fsp3) is 0.294. The van der Waals surface area contributed by atoms with Gasteiger partial charge in [-0.15, -0.1) is 11.3 Å². The molecule has 0 saturated carbocycles. The molecule has 2 aromatic rings. The zero-order valence-corrected chi connectivity index (χ0v) is 13.9. The minimum absolute atomic E-state index is 0.541. The first-order valence-corrected chi connectivity index (χ1v) is 7.89. The van der Waals surface area contributed by atoms with E-state index in [-0.39, 0.29) is 0 Å². The molecule has 0 bridgehead atoms. The Labute approximate surface area is 134 Å². The molecule has 1 aromatic carbocycles. The number of thiazole rings is 1. The van der Waals surface area contributed by atoms with E-state index in [1.165, 1.54) is 11.3 Å². The van der Waals surface area contributed by atoms with Crippen molar-refractivity contribution in [3.63, 3.8) is 0 Å². The van der Waals surface area contributed by atoms with Crippen LogP contribution in [0.15, 0.2) is 47.5 Å². The predicted octanol–water partition coefficient (Wildman–Crippen LogP) is 3.85. The van der Waals surface area contributed by atoms with Crippen LogP contribution >= 0.6 is 11.3 Å². The third-order valence-electron chi connectivity index (χ3n) is 3.37. The molecule has 0 aliphatic heterocycles. The number of hydrogen-bond donors (Lipinski definition) is 1. The highest BCUT2D eigenvalue weighted by molar-refractivity contribution is 7.09. The number of carbonyl (C=O) groups is 1. The summed E-state index contributed by atoms with van der Waals surface area (Å²) in [7, 11) is 0. The molecule has 0 radical (unpaired) electrons. The van der Waals surface area contributed by atoms with Crippen molar-refractivity contribution < 1.29 is 9.90 Å². The lowest BCUT2D eigenvalue weighted by atomic mass is 10.1. The van der Waals surface area contributed by atoms with Gasteiger partial charge in [0.15, 0.2) is 4.80 Å². The summed E-state index contributed by atoms with van der Waals surface area (Å²) in [5.41, 5.74) is 2.80. The van der Waals surface area contributed by atoms with Crippen molar-refractivity contribution in [3.05, 3.63) is 57.9 Å². The molecule has 2 rings (SSSR count). The van der Waals surface area contributed by atoms with Crippen molar-refractivity contribution in [1.29, 1.82) is 0 Å². The Kier molecular flexibility index (Phi) is 4.98. The third-order valence-corrected chi connectivity index (χ3v) is 4.73. The summed E-state index contributed by atoms with van der Waals surface area (Å²) in [6.45, 7) is 10.2. The van der Waals surface area contributed by atoms with Crippen molar-refractivity contribution in [2.45, 2.75) is 33.2 Å². The van der Waals surface area contributed by atoms with Gasteiger partial charge in [0.05, 0.1) is 11.6 Å². The van der Waals surface area contributed by atoms with Gasteiger partial charge >= 0.3 is 5.97 Å². The maximum Gasteiger partial charge on any atom is 0.311 e. The second-order valence-electron chi connectivity index (χ2n) is 5.38. The Morgan fingerprint density at radius 3 is 2.59 bits per heavy atom. The van der Waals surface area contributed by atoms with Crippen LogP contribution in [0.2, 0.25) is 0 Å². The molecular formula is C17H20N2O2S. The molecule has 0 aliphatic rings. The average molecular weight is 316 g/mol. The molecule has 0 fully saturated rings. The number of carboxylic acid groups (broad SMARTS) is 1. The van der Waals surface area contributed by atoms with Crippen LogP contribution in [0.5, 0.6) is 0 Å². The van der Waals surface area contributed by atoms with E-state index < -0.39 is 11.9 Å². The van der Waals surface area contributed by atoms with Crippen molar-refractivity contribution >= 4 is 23.0 Å². The second-order valence-corrected chi connectivity index (χ2v) is 6.39. The van der Waals surface area contributed by atoms with Crippen LogP contribution in [0.1, 0.15) is 30.3 Å². The smallest absolute Gasteiger partial charge is 0.311 e. The number of para-hydroxylation sites is 1. The molecule has 116 valence electrons. The molecule has 5 heteroatoms. The lowest BCUT2D eigenvalue weighted by Gasteiger charge is -2.08. The van der Waals surface area contributed by atoms with E-state index in [9.17, 15) is 9.90 Å². The van der Waals surface area contributed by atoms with Crippen molar-refractivity contribution in [2.75, 3.05) is 0 Å². The number of aromatic nitrogens is 1. The quantitative estimate of drug-likeness (QED) is 0.852. The number of rotatable bonds is 5. The zero-order valence-electron chi connectivity index (χ0n) is 13.0. The average Bonchev–Trinajstić information content (AvgIpc) is 2.76. The molecule has 1 unspecified atom stereocenters. The second kappa shape index (κ2) is 6.75. The van der Waals surface area contributed by atoms with E-state index in [1.54, 1.807) is 6.92 Å². The van der Waals surface area contributed by atoms with E-state index in [0.29, 0.717) is 6.54 Å². The van der Waals surface area contributed by atoms with E-state index in [0.717, 1.165) is 26.6 Å². The van der Waals surface area contributed by atoms with Gasteiger partial charge < -0.3 is 9.67 Å². The van der Waals surface area contributed by atoms with E-state index in [1.807, 2.05) is 48.7 Å². The van der Waals surface area contributed by atoms with Gasteiger partial charge in [-0.1, -0.05) is 30.4 Å². The summed E-state index contributed by atoms with van der Waals surface area (Å²) < 4.78 is 2.04. The van der Waals surface area contributed by atoms with Crippen LogP contribution in [0, 0.1) is 6.92 Å². The molecule has 1 aromatic heterocycles. The van der Waals surface area contributed by atoms with Crippen molar-refractivity contribution in [3.8, 4) is 0 Å². The van der Waals surface area contributed by atoms with Gasteiger partial charge in [-0.3, -0.25) is 4.79 Å². The fourth-order valence-electron chi connectivity index (χ4n) is 2.17. The van der Waals surface area contributed by atoms with E-state index in [2.05, 4.69) is 11.6 Å². The van der Waals surface area contributed by atoms with Gasteiger partial charge in [0.25, 0.3) is 0 Å². The maximum atomic E-state index is 11.3. The first-order valence-electron chi connectivity index (χ1n) is 7.07. The van der Waals surface area contributed by atoms with Crippen LogP contribution in [-0.2, 0) is 11.3 Å². The first-order chi connectivity index (χ1) is 10.4. The van der Waals surface area contributed by atoms with E-state index >= 15 is 0 Å². The Morgan fingerprint density at radius 1 is 1.41 bits per heavy atom. The normalized spacial score (nSPS) is 13.1. The lowest BCUT2D eigenvalue weighted by Crippen LogP contribution is -2.17. The van der Waals surface area contributed by atoms with Gasteiger partial charge in [-0.25, -0.2) is 4.99 Å². The summed E-state index contributed by atoms with van der Waals surface area (Å²) in [5, 5.41) is 9.28. The molecule has 0 spiro atoms. The van der Waals surface area contributed by atoms with Crippen LogP contribution in [0.4, 0.5) is 5.69 Å². The predicted molar refractivity (Wildman–Crippen MR) is 89.6 cm³/mol. The van der Waals surface area contributed by atoms with Gasteiger partial charge in [-0.05, 0) is 32.9 Å². The number of carboxylic acids is 1. The molecule has 0 amide bonds. The molecule has 1 N–H and O–H groups in total. The van der Waals surface area contributed by atoms with Gasteiger partial charge in [0, 0.05) is 17.1 Å². The lowest BCUT2D eigenvalue weighted by molar-refractivity contribution is -0.138. The summed E-state index contributed by atoms with van der Waals surface area (Å²) in [4.78, 5) is 17.6. The monoisotopic (exact) mass is 316 g/mol. The van der Waals surface area contributed by atoms with Crippen molar-refractivity contribution in [1.82, 2.24) is 4.57 Å². The highest BCUT2D eigenvalue weighted by Crippen LogP contribution is 2.24. The molecule has 0 saturated heterocycles. The highest BCUT2D eigenvalue weighted by atomic mass is 32.1. The van der Waals surface area contributed by atoms with Crippen LogP contribution in [-0.4, -0.2) is 15.6 Å². The minimum Gasteiger partial charge on any atom is -0.481 e. The molecule has 0 aliphatic carbocycles. The Hall–Kier alpha value is -2.14. The largest absolute Gasteiger partial charge is 0.481 e. The van der Waals surface area contributed by atoms with Crippen LogP contribution in [0.3, 0.4) is 0 Å². The Morgan fingerprint density at radius 2 is 2.05 bits per heavy atom. The highest BCUT2D eigenvalue weighted by Gasteiger charge is 2.21. The molecule has 1 heterocycles. The van der Waals surface area contributed by atoms with Crippen molar-refractivity contribution in [2.24, 2.45) is 4.99 Å². The molecule has 1 atom stereocenters. The number of nitrogens with zero attached hydrogens (tertiary/aromatic N) is 2. The Bertz CT molecular complexity index is 757. The topological polar surface area (TPSA) is 54.6 Å². The van der Waals surface area contributed by atoms with Gasteiger partial charge in [-0.2, -0.15) is 0 Å². The first kappa shape index (κ1) is 16.2. The number of benzene rings is 1. The van der Waals surface area contributed by atoms with Gasteiger partial charge in [0.2, 0.25) is 0 Å². The number of hydrogen-bond acceptors (Lipinski definition) is 3. The Balaban J connectivity index is 2.61. The minimum atomic E-state index is -0.821. The fourth-order valence-corrected chi connectivity index (χ4v) is 3.36. The summed E-state index contributed by atoms with van der Waals surface area (Å²) in [6.07, 6.45) is 0. The van der Waals surface area contributed by atoms with Crippen LogP contribution in [0.25, 0.3) is 0 Å².